The molecule has 16 heteroatoms. The zero-order chi connectivity index (χ0) is 29.2. The molecule has 4 heterocycles. The third kappa shape index (κ3) is 10.4. The maximum atomic E-state index is 10.6. The lowest BCUT2D eigenvalue weighted by molar-refractivity contribution is -0.193. The number of halogens is 6. The number of likely N-dealkylation sites (tertiary alicyclic amines) is 1. The number of nitrogens with one attached hydrogen (secondary N) is 1. The molecule has 2 aliphatic rings. The van der Waals surface area contributed by atoms with Gasteiger partial charge in [-0.25, -0.2) is 9.59 Å². The molecule has 4 rings (SSSR count). The normalized spacial score (nSPS) is 16.4. The Morgan fingerprint density at radius 1 is 1.00 bits per heavy atom. The van der Waals surface area contributed by atoms with Crippen molar-refractivity contribution in [3.8, 4) is 11.4 Å². The van der Waals surface area contributed by atoms with Gasteiger partial charge in [0.15, 0.2) is 0 Å². The summed E-state index contributed by atoms with van der Waals surface area (Å²) in [6.45, 7) is 6.91. The summed E-state index contributed by atoms with van der Waals surface area (Å²) in [4.78, 5) is 29.5. The number of hydrogen-bond donors (Lipinski definition) is 3. The van der Waals surface area contributed by atoms with Gasteiger partial charge in [0.1, 0.15) is 0 Å². The van der Waals surface area contributed by atoms with E-state index in [0.717, 1.165) is 56.3 Å². The highest BCUT2D eigenvalue weighted by molar-refractivity contribution is 5.73. The molecule has 1 fully saturated rings. The van der Waals surface area contributed by atoms with Gasteiger partial charge < -0.3 is 20.1 Å². The van der Waals surface area contributed by atoms with E-state index in [2.05, 4.69) is 20.4 Å². The Bertz CT molecular complexity index is 1070. The van der Waals surface area contributed by atoms with Crippen molar-refractivity contribution in [1.82, 2.24) is 25.3 Å². The zero-order valence-electron chi connectivity index (χ0n) is 21.0. The van der Waals surface area contributed by atoms with Crippen LogP contribution in [-0.4, -0.2) is 74.2 Å². The molecule has 0 aliphatic carbocycles. The number of alkyl halides is 6. The molecule has 0 aromatic carbocycles. The summed E-state index contributed by atoms with van der Waals surface area (Å²) in [6, 6.07) is 0. The van der Waals surface area contributed by atoms with Gasteiger partial charge in [0, 0.05) is 24.0 Å². The Morgan fingerprint density at radius 2 is 1.54 bits per heavy atom. The predicted octanol–water partition coefficient (Wildman–Crippen LogP) is 4.12. The Morgan fingerprint density at radius 3 is 2.08 bits per heavy atom. The van der Waals surface area contributed by atoms with Gasteiger partial charge in [-0.1, -0.05) is 24.4 Å². The van der Waals surface area contributed by atoms with Crippen molar-refractivity contribution in [3.63, 3.8) is 0 Å². The first kappa shape index (κ1) is 31.9. The highest BCUT2D eigenvalue weighted by atomic mass is 19.4. The van der Waals surface area contributed by atoms with Crippen molar-refractivity contribution in [1.29, 1.82) is 0 Å². The molecule has 0 radical (unpaired) electrons. The Kier molecular flexibility index (Phi) is 11.6. The first-order valence-electron chi connectivity index (χ1n) is 12.0. The third-order valence-electron chi connectivity index (χ3n) is 5.82. The first-order valence-corrected chi connectivity index (χ1v) is 12.0. The van der Waals surface area contributed by atoms with Crippen molar-refractivity contribution < 1.29 is 50.7 Å². The molecule has 0 saturated carbocycles. The maximum absolute atomic E-state index is 10.6. The van der Waals surface area contributed by atoms with Gasteiger partial charge in [0.05, 0.1) is 6.54 Å². The fourth-order valence-corrected chi connectivity index (χ4v) is 3.95. The molecule has 218 valence electrons. The van der Waals surface area contributed by atoms with Crippen molar-refractivity contribution >= 4 is 11.9 Å². The Hall–Kier alpha value is -3.27. The van der Waals surface area contributed by atoms with E-state index in [4.69, 9.17) is 29.3 Å². The predicted molar refractivity (Wildman–Crippen MR) is 123 cm³/mol. The number of fused-ring (bicyclic) bond motifs is 1. The molecule has 1 saturated heterocycles. The van der Waals surface area contributed by atoms with E-state index in [-0.39, 0.29) is 0 Å². The monoisotopic (exact) mass is 569 g/mol. The molecule has 2 aliphatic heterocycles. The summed E-state index contributed by atoms with van der Waals surface area (Å²) in [5.74, 6) is -4.09. The quantitative estimate of drug-likeness (QED) is 0.462. The molecule has 3 N–H and O–H groups in total. The van der Waals surface area contributed by atoms with E-state index in [1.807, 2.05) is 13.1 Å². The van der Waals surface area contributed by atoms with Crippen molar-refractivity contribution in [3.05, 3.63) is 28.9 Å². The van der Waals surface area contributed by atoms with Crippen molar-refractivity contribution in [2.45, 2.75) is 70.9 Å². The smallest absolute Gasteiger partial charge is 0.475 e. The van der Waals surface area contributed by atoms with Gasteiger partial charge in [0.25, 0.3) is 0 Å². The van der Waals surface area contributed by atoms with Crippen LogP contribution < -0.4 is 5.32 Å². The summed E-state index contributed by atoms with van der Waals surface area (Å²) < 4.78 is 69.1. The molecular formula is C23H29F6N5O5. The van der Waals surface area contributed by atoms with E-state index in [0.29, 0.717) is 5.82 Å². The number of hydrogen-bond acceptors (Lipinski definition) is 8. The van der Waals surface area contributed by atoms with Gasteiger partial charge in [-0.15, -0.1) is 0 Å². The van der Waals surface area contributed by atoms with Crippen LogP contribution in [0.3, 0.4) is 0 Å². The Balaban J connectivity index is 0.000000317. The molecule has 0 atom stereocenters. The summed E-state index contributed by atoms with van der Waals surface area (Å²) in [6.07, 6.45) is -0.627. The van der Waals surface area contributed by atoms with Crippen LogP contribution in [0.5, 0.6) is 0 Å². The first-order chi connectivity index (χ1) is 18.2. The standard InChI is InChI=1S/C19H27N5O.2C2HF3O2/c1-14-18(16-7-8-20-11-15(16)12-21-14)19-22-17(25-23-19)13-24-9-5-3-2-4-6-10-24;2*3-2(4,5)1(6)7/h12,20H,2-11,13H2,1H3;2*(H,6,7). The number of carboxylic acids is 2. The van der Waals surface area contributed by atoms with Crippen LogP contribution in [0, 0.1) is 6.92 Å². The lowest BCUT2D eigenvalue weighted by Gasteiger charge is -2.22. The van der Waals surface area contributed by atoms with E-state index < -0.39 is 24.3 Å². The van der Waals surface area contributed by atoms with Crippen molar-refractivity contribution in [2.75, 3.05) is 19.6 Å². The molecule has 10 nitrogen and oxygen atoms in total. The van der Waals surface area contributed by atoms with Gasteiger partial charge in [0.2, 0.25) is 11.7 Å². The minimum atomic E-state index is -5.08. The van der Waals surface area contributed by atoms with Crippen LogP contribution in [0.1, 0.15) is 54.8 Å². The van der Waals surface area contributed by atoms with Crippen LogP contribution in [0.2, 0.25) is 0 Å². The van der Waals surface area contributed by atoms with Gasteiger partial charge in [-0.05, 0) is 56.9 Å². The molecule has 0 bridgehead atoms. The molecule has 39 heavy (non-hydrogen) atoms. The number of carbonyl (C=O) groups is 2. The van der Waals surface area contributed by atoms with Crippen LogP contribution in [0.4, 0.5) is 26.3 Å². The highest BCUT2D eigenvalue weighted by Gasteiger charge is 2.38. The lowest BCUT2D eigenvalue weighted by Crippen LogP contribution is -2.27. The van der Waals surface area contributed by atoms with Gasteiger partial charge in [-0.2, -0.15) is 31.3 Å². The van der Waals surface area contributed by atoms with Crippen LogP contribution in [0.25, 0.3) is 11.4 Å². The zero-order valence-corrected chi connectivity index (χ0v) is 21.0. The molecule has 0 unspecified atom stereocenters. The van der Waals surface area contributed by atoms with Crippen LogP contribution in [-0.2, 0) is 29.1 Å². The largest absolute Gasteiger partial charge is 0.490 e. The lowest BCUT2D eigenvalue weighted by atomic mass is 9.95. The average Bonchev–Trinajstić information content (AvgIpc) is 3.28. The molecular weight excluding hydrogens is 540 g/mol. The summed E-state index contributed by atoms with van der Waals surface area (Å²) in [7, 11) is 0. The number of aromatic nitrogens is 3. The number of pyridine rings is 1. The van der Waals surface area contributed by atoms with Gasteiger partial charge in [-0.3, -0.25) is 9.88 Å². The topological polar surface area (TPSA) is 142 Å². The molecule has 0 amide bonds. The third-order valence-corrected chi connectivity index (χ3v) is 5.82. The number of aryl methyl sites for hydroxylation is 1. The second-order valence-corrected chi connectivity index (χ2v) is 8.81. The van der Waals surface area contributed by atoms with Crippen LogP contribution >= 0.6 is 0 Å². The molecule has 2 aromatic rings. The summed E-state index contributed by atoms with van der Waals surface area (Å²) in [5.41, 5.74) is 4.63. The Labute approximate surface area is 219 Å². The SMILES string of the molecule is Cc1ncc2c(c1-c1noc(CN3CCCCCCC3)n1)CCNC2.O=C(O)C(F)(F)F.O=C(O)C(F)(F)F. The van der Waals surface area contributed by atoms with E-state index >= 15 is 0 Å². The van der Waals surface area contributed by atoms with E-state index in [9.17, 15) is 26.3 Å². The van der Waals surface area contributed by atoms with E-state index in [1.165, 1.54) is 43.2 Å². The highest BCUT2D eigenvalue weighted by Crippen LogP contribution is 2.28. The maximum Gasteiger partial charge on any atom is 0.490 e. The van der Waals surface area contributed by atoms with E-state index in [1.54, 1.807) is 0 Å². The van der Waals surface area contributed by atoms with Gasteiger partial charge >= 0.3 is 24.3 Å². The van der Waals surface area contributed by atoms with Crippen molar-refractivity contribution in [2.24, 2.45) is 0 Å². The number of aliphatic carboxylic acids is 2. The van der Waals surface area contributed by atoms with Crippen LogP contribution in [0.15, 0.2) is 10.7 Å². The second-order valence-electron chi connectivity index (χ2n) is 8.81. The number of nitrogens with zero attached hydrogens (tertiary/aromatic N) is 4. The summed E-state index contributed by atoms with van der Waals surface area (Å²) >= 11 is 0. The average molecular weight is 570 g/mol. The number of carboxylic acid groups (broad SMARTS) is 2. The number of rotatable bonds is 3. The second kappa shape index (κ2) is 14.2. The minimum Gasteiger partial charge on any atom is -0.475 e. The molecule has 2 aromatic heterocycles. The fraction of sp³-hybridized carbons (Fsp3) is 0.609. The molecule has 0 spiro atoms. The summed E-state index contributed by atoms with van der Waals surface area (Å²) in [5, 5.41) is 21.9. The minimum absolute atomic E-state index is 0.700. The fourth-order valence-electron chi connectivity index (χ4n) is 3.95.